The van der Waals surface area contributed by atoms with Crippen molar-refractivity contribution in [1.29, 1.82) is 0 Å². The zero-order valence-electron chi connectivity index (χ0n) is 15.9. The van der Waals surface area contributed by atoms with Crippen molar-refractivity contribution in [1.82, 2.24) is 15.3 Å². The molecule has 2 unspecified atom stereocenters. The number of nitrogens with one attached hydrogen (secondary N) is 2. The Balaban J connectivity index is 1.56. The summed E-state index contributed by atoms with van der Waals surface area (Å²) >= 11 is 0. The maximum atomic E-state index is 4.37. The van der Waals surface area contributed by atoms with Gasteiger partial charge in [-0.05, 0) is 63.3 Å². The summed E-state index contributed by atoms with van der Waals surface area (Å²) in [6.07, 6.45) is 7.22. The third-order valence-corrected chi connectivity index (χ3v) is 4.74. The number of rotatable bonds is 7. The Labute approximate surface area is 156 Å². The van der Waals surface area contributed by atoms with Crippen molar-refractivity contribution >= 4 is 5.95 Å². The number of aromatic nitrogens is 2. The van der Waals surface area contributed by atoms with E-state index in [1.165, 1.54) is 18.4 Å². The second-order valence-electron chi connectivity index (χ2n) is 7.18. The van der Waals surface area contributed by atoms with Gasteiger partial charge in [0.1, 0.15) is 0 Å². The lowest BCUT2D eigenvalue weighted by molar-refractivity contribution is 0.565. The first-order chi connectivity index (χ1) is 12.6. The highest BCUT2D eigenvalue weighted by Crippen LogP contribution is 2.33. The third kappa shape index (κ3) is 5.57. The lowest BCUT2D eigenvalue weighted by atomic mass is 10.1. The topological polar surface area (TPSA) is 49.8 Å². The molecule has 1 aliphatic carbocycles. The van der Waals surface area contributed by atoms with Gasteiger partial charge >= 0.3 is 0 Å². The van der Waals surface area contributed by atoms with Crippen LogP contribution < -0.4 is 10.6 Å². The van der Waals surface area contributed by atoms with Crippen molar-refractivity contribution in [3.63, 3.8) is 0 Å². The standard InChI is InChI=1S/C22H28N4/c1-4-23-16(2)13-19-8-5-18(6-9-19)7-10-20-14-24-22(25-15-20)26-17(3)21-11-12-21/h5-6,8-9,14-17,21,23H,4,11-13H2,1-3H3,(H,24,25,26). The first-order valence-electron chi connectivity index (χ1n) is 9.57. The van der Waals surface area contributed by atoms with Crippen LogP contribution in [0.1, 0.15) is 50.3 Å². The Kier molecular flexibility index (Phi) is 6.25. The molecule has 3 rings (SSSR count). The Morgan fingerprint density at radius 3 is 2.31 bits per heavy atom. The molecule has 136 valence electrons. The summed E-state index contributed by atoms with van der Waals surface area (Å²) in [4.78, 5) is 8.75. The Bertz CT molecular complexity index is 751. The molecule has 1 aromatic carbocycles. The smallest absolute Gasteiger partial charge is 0.222 e. The molecule has 0 aliphatic heterocycles. The molecular weight excluding hydrogens is 320 g/mol. The average Bonchev–Trinajstić information content (AvgIpc) is 3.48. The van der Waals surface area contributed by atoms with E-state index in [-0.39, 0.29) is 0 Å². The molecule has 1 heterocycles. The third-order valence-electron chi connectivity index (χ3n) is 4.74. The van der Waals surface area contributed by atoms with Crippen LogP contribution in [0.2, 0.25) is 0 Å². The zero-order chi connectivity index (χ0) is 18.4. The molecule has 0 amide bonds. The molecule has 0 bridgehead atoms. The molecule has 4 nitrogen and oxygen atoms in total. The van der Waals surface area contributed by atoms with Gasteiger partial charge in [-0.15, -0.1) is 0 Å². The molecule has 0 saturated heterocycles. The molecule has 2 aromatic rings. The van der Waals surface area contributed by atoms with Gasteiger partial charge in [0, 0.05) is 30.0 Å². The lowest BCUT2D eigenvalue weighted by Gasteiger charge is -2.12. The van der Waals surface area contributed by atoms with Gasteiger partial charge < -0.3 is 10.6 Å². The van der Waals surface area contributed by atoms with E-state index < -0.39 is 0 Å². The van der Waals surface area contributed by atoms with Crippen LogP contribution in [-0.2, 0) is 6.42 Å². The molecule has 1 aromatic heterocycles. The highest BCUT2D eigenvalue weighted by molar-refractivity contribution is 5.43. The molecule has 0 radical (unpaired) electrons. The van der Waals surface area contributed by atoms with E-state index in [4.69, 9.17) is 0 Å². The van der Waals surface area contributed by atoms with E-state index >= 15 is 0 Å². The summed E-state index contributed by atoms with van der Waals surface area (Å²) in [5, 5.41) is 6.79. The maximum absolute atomic E-state index is 4.37. The van der Waals surface area contributed by atoms with Crippen molar-refractivity contribution in [3.8, 4) is 11.8 Å². The molecular formula is C22H28N4. The fourth-order valence-corrected chi connectivity index (χ4v) is 3.03. The van der Waals surface area contributed by atoms with Gasteiger partial charge in [0.15, 0.2) is 0 Å². The van der Waals surface area contributed by atoms with Crippen molar-refractivity contribution in [2.24, 2.45) is 5.92 Å². The zero-order valence-corrected chi connectivity index (χ0v) is 15.9. The number of likely N-dealkylation sites (N-methyl/N-ethyl adjacent to an activating group) is 1. The number of hydrogen-bond donors (Lipinski definition) is 2. The van der Waals surface area contributed by atoms with Gasteiger partial charge in [-0.1, -0.05) is 30.9 Å². The maximum Gasteiger partial charge on any atom is 0.222 e. The van der Waals surface area contributed by atoms with Crippen LogP contribution in [0.15, 0.2) is 36.7 Å². The van der Waals surface area contributed by atoms with E-state index in [2.05, 4.69) is 77.5 Å². The molecule has 2 atom stereocenters. The summed E-state index contributed by atoms with van der Waals surface area (Å²) in [6.45, 7) is 7.54. The van der Waals surface area contributed by atoms with E-state index in [1.54, 1.807) is 12.4 Å². The largest absolute Gasteiger partial charge is 0.351 e. The van der Waals surface area contributed by atoms with Crippen LogP contribution in [0.3, 0.4) is 0 Å². The number of benzene rings is 1. The molecule has 4 heteroatoms. The molecule has 26 heavy (non-hydrogen) atoms. The fourth-order valence-electron chi connectivity index (χ4n) is 3.03. The van der Waals surface area contributed by atoms with Gasteiger partial charge in [-0.3, -0.25) is 0 Å². The van der Waals surface area contributed by atoms with Gasteiger partial charge in [0.2, 0.25) is 5.95 Å². The minimum absolute atomic E-state index is 0.445. The van der Waals surface area contributed by atoms with E-state index in [0.29, 0.717) is 18.0 Å². The minimum Gasteiger partial charge on any atom is -0.351 e. The molecule has 1 fully saturated rings. The summed E-state index contributed by atoms with van der Waals surface area (Å²) in [7, 11) is 0. The van der Waals surface area contributed by atoms with Gasteiger partial charge in [0.05, 0.1) is 5.56 Å². The van der Waals surface area contributed by atoms with Gasteiger partial charge in [0.25, 0.3) is 0 Å². The van der Waals surface area contributed by atoms with Crippen molar-refractivity contribution in [2.45, 2.75) is 52.1 Å². The number of anilines is 1. The van der Waals surface area contributed by atoms with E-state index in [0.717, 1.165) is 30.0 Å². The highest BCUT2D eigenvalue weighted by atomic mass is 15.1. The summed E-state index contributed by atoms with van der Waals surface area (Å²) in [5.74, 6) is 7.80. The summed E-state index contributed by atoms with van der Waals surface area (Å²) in [5.41, 5.74) is 3.17. The van der Waals surface area contributed by atoms with Crippen molar-refractivity contribution < 1.29 is 0 Å². The van der Waals surface area contributed by atoms with E-state index in [1.807, 2.05) is 0 Å². The predicted molar refractivity (Wildman–Crippen MR) is 107 cm³/mol. The number of nitrogens with zero attached hydrogens (tertiary/aromatic N) is 2. The lowest BCUT2D eigenvalue weighted by Crippen LogP contribution is -2.27. The van der Waals surface area contributed by atoms with Crippen LogP contribution in [0, 0.1) is 17.8 Å². The Hall–Kier alpha value is -2.38. The second kappa shape index (κ2) is 8.82. The molecule has 2 N–H and O–H groups in total. The van der Waals surface area contributed by atoms with Crippen LogP contribution in [0.5, 0.6) is 0 Å². The average molecular weight is 348 g/mol. The quantitative estimate of drug-likeness (QED) is 0.750. The highest BCUT2D eigenvalue weighted by Gasteiger charge is 2.28. The minimum atomic E-state index is 0.445. The fraction of sp³-hybridized carbons (Fsp3) is 0.455. The van der Waals surface area contributed by atoms with Crippen LogP contribution in [-0.4, -0.2) is 28.6 Å². The van der Waals surface area contributed by atoms with Crippen LogP contribution in [0.4, 0.5) is 5.95 Å². The first kappa shape index (κ1) is 18.4. The normalized spacial score (nSPS) is 15.7. The predicted octanol–water partition coefficient (Wildman–Crippen LogP) is 3.63. The molecule has 1 saturated carbocycles. The van der Waals surface area contributed by atoms with E-state index in [9.17, 15) is 0 Å². The number of hydrogen-bond acceptors (Lipinski definition) is 4. The summed E-state index contributed by atoms with van der Waals surface area (Å²) in [6, 6.07) is 9.40. The first-order valence-corrected chi connectivity index (χ1v) is 9.57. The second-order valence-corrected chi connectivity index (χ2v) is 7.18. The Morgan fingerprint density at radius 1 is 1.04 bits per heavy atom. The summed E-state index contributed by atoms with van der Waals surface area (Å²) < 4.78 is 0. The molecule has 0 spiro atoms. The Morgan fingerprint density at radius 2 is 1.69 bits per heavy atom. The SMILES string of the molecule is CCNC(C)Cc1ccc(C#Cc2cnc(NC(C)C3CC3)nc2)cc1. The van der Waals surface area contributed by atoms with Crippen LogP contribution >= 0.6 is 0 Å². The van der Waals surface area contributed by atoms with Gasteiger partial charge in [-0.2, -0.15) is 0 Å². The van der Waals surface area contributed by atoms with Crippen molar-refractivity contribution in [2.75, 3.05) is 11.9 Å². The molecule has 1 aliphatic rings. The van der Waals surface area contributed by atoms with Crippen molar-refractivity contribution in [3.05, 3.63) is 53.3 Å². The monoisotopic (exact) mass is 348 g/mol. The van der Waals surface area contributed by atoms with Gasteiger partial charge in [-0.25, -0.2) is 9.97 Å². The van der Waals surface area contributed by atoms with Crippen LogP contribution in [0.25, 0.3) is 0 Å².